The van der Waals surface area contributed by atoms with Gasteiger partial charge >= 0.3 is 0 Å². The normalized spacial score (nSPS) is 11.0. The highest BCUT2D eigenvalue weighted by molar-refractivity contribution is 6.29. The lowest BCUT2D eigenvalue weighted by molar-refractivity contribution is 0.128. The third kappa shape index (κ3) is 3.17. The summed E-state index contributed by atoms with van der Waals surface area (Å²) >= 11 is 6.08. The van der Waals surface area contributed by atoms with E-state index in [2.05, 4.69) is 15.0 Å². The van der Waals surface area contributed by atoms with Gasteiger partial charge in [-0.1, -0.05) is 23.7 Å². The van der Waals surface area contributed by atoms with E-state index in [1.807, 2.05) is 37.3 Å². The van der Waals surface area contributed by atoms with Gasteiger partial charge in [-0.05, 0) is 25.1 Å². The average molecular weight is 300 g/mol. The minimum atomic E-state index is 0.360. The van der Waals surface area contributed by atoms with Crippen molar-refractivity contribution in [3.05, 3.63) is 53.6 Å². The maximum Gasteiger partial charge on any atom is 0.156 e. The Bertz CT molecular complexity index is 776. The quantitative estimate of drug-likeness (QED) is 0.686. The Hall–Kier alpha value is -2.04. The smallest absolute Gasteiger partial charge is 0.156 e. The van der Waals surface area contributed by atoms with Gasteiger partial charge in [-0.2, -0.15) is 0 Å². The van der Waals surface area contributed by atoms with Crippen molar-refractivity contribution in [3.8, 4) is 11.3 Å². The van der Waals surface area contributed by atoms with E-state index in [9.17, 15) is 0 Å². The van der Waals surface area contributed by atoms with Gasteiger partial charge in [0.2, 0.25) is 0 Å². The van der Waals surface area contributed by atoms with Gasteiger partial charge in [0.05, 0.1) is 11.2 Å². The van der Waals surface area contributed by atoms with Crippen LogP contribution in [-0.4, -0.2) is 21.6 Å². The first-order valence-corrected chi connectivity index (χ1v) is 7.10. The number of benzene rings is 1. The van der Waals surface area contributed by atoms with Crippen LogP contribution >= 0.6 is 11.6 Å². The zero-order valence-corrected chi connectivity index (χ0v) is 12.3. The van der Waals surface area contributed by atoms with Crippen molar-refractivity contribution in [2.75, 3.05) is 6.61 Å². The van der Waals surface area contributed by atoms with Crippen molar-refractivity contribution in [2.45, 2.75) is 13.5 Å². The summed E-state index contributed by atoms with van der Waals surface area (Å²) in [5.74, 6) is 0.589. The lowest BCUT2D eigenvalue weighted by atomic mass is 10.1. The van der Waals surface area contributed by atoms with Crippen LogP contribution in [0.25, 0.3) is 22.2 Å². The molecule has 0 radical (unpaired) electrons. The van der Waals surface area contributed by atoms with Gasteiger partial charge < -0.3 is 4.74 Å². The maximum absolute atomic E-state index is 6.08. The van der Waals surface area contributed by atoms with Crippen molar-refractivity contribution in [3.63, 3.8) is 0 Å². The number of halogens is 1. The van der Waals surface area contributed by atoms with Crippen LogP contribution < -0.4 is 0 Å². The standard InChI is InChI=1S/C16H14ClN3O/c1-2-21-10-16-19-14(9-15(17)20-16)12-5-6-13-11(8-12)4-3-7-18-13/h3-9H,2,10H2,1H3. The molecule has 3 rings (SSSR count). The molecule has 21 heavy (non-hydrogen) atoms. The second kappa shape index (κ2) is 6.16. The van der Waals surface area contributed by atoms with Crippen LogP contribution in [-0.2, 0) is 11.3 Å². The molecule has 4 nitrogen and oxygen atoms in total. The molecule has 1 aromatic carbocycles. The summed E-state index contributed by atoms with van der Waals surface area (Å²) in [6.07, 6.45) is 1.78. The molecule has 5 heteroatoms. The van der Waals surface area contributed by atoms with Crippen LogP contribution in [0.15, 0.2) is 42.6 Å². The Morgan fingerprint density at radius 1 is 1.14 bits per heavy atom. The molecule has 2 aromatic heterocycles. The van der Waals surface area contributed by atoms with Gasteiger partial charge in [0.15, 0.2) is 5.82 Å². The predicted octanol–water partition coefficient (Wildman–Crippen LogP) is 3.88. The number of pyridine rings is 1. The Balaban J connectivity index is 2.02. The van der Waals surface area contributed by atoms with Crippen LogP contribution in [0, 0.1) is 0 Å². The number of fused-ring (bicyclic) bond motifs is 1. The minimum Gasteiger partial charge on any atom is -0.374 e. The molecule has 0 N–H and O–H groups in total. The predicted molar refractivity (Wildman–Crippen MR) is 83.1 cm³/mol. The molecular weight excluding hydrogens is 286 g/mol. The van der Waals surface area contributed by atoms with Crippen LogP contribution in [0.2, 0.25) is 5.15 Å². The van der Waals surface area contributed by atoms with Crippen LogP contribution in [0.3, 0.4) is 0 Å². The van der Waals surface area contributed by atoms with E-state index in [0.717, 1.165) is 22.2 Å². The van der Waals surface area contributed by atoms with Gasteiger partial charge in [-0.3, -0.25) is 4.98 Å². The fourth-order valence-corrected chi connectivity index (χ4v) is 2.31. The number of aromatic nitrogens is 3. The first kappa shape index (κ1) is 13.9. The SMILES string of the molecule is CCOCc1nc(Cl)cc(-c2ccc3ncccc3c2)n1. The molecule has 0 saturated carbocycles. The highest BCUT2D eigenvalue weighted by Crippen LogP contribution is 2.23. The molecule has 0 aliphatic carbocycles. The van der Waals surface area contributed by atoms with E-state index in [-0.39, 0.29) is 0 Å². The van der Waals surface area contributed by atoms with Crippen LogP contribution in [0.4, 0.5) is 0 Å². The summed E-state index contributed by atoms with van der Waals surface area (Å²) in [5, 5.41) is 1.48. The molecule has 0 atom stereocenters. The number of hydrogen-bond acceptors (Lipinski definition) is 4. The maximum atomic E-state index is 6.08. The molecule has 0 aliphatic rings. The molecule has 106 valence electrons. The third-order valence-electron chi connectivity index (χ3n) is 3.08. The Morgan fingerprint density at radius 2 is 2.05 bits per heavy atom. The highest BCUT2D eigenvalue weighted by Gasteiger charge is 2.07. The van der Waals surface area contributed by atoms with Gasteiger partial charge in [0.1, 0.15) is 11.8 Å². The average Bonchev–Trinajstić information content (AvgIpc) is 2.52. The molecular formula is C16H14ClN3O. The molecule has 0 amide bonds. The van der Waals surface area contributed by atoms with Gasteiger partial charge in [0.25, 0.3) is 0 Å². The number of rotatable bonds is 4. The number of hydrogen-bond donors (Lipinski definition) is 0. The number of ether oxygens (including phenoxy) is 1. The van der Waals surface area contributed by atoms with E-state index in [1.54, 1.807) is 12.3 Å². The van der Waals surface area contributed by atoms with E-state index < -0.39 is 0 Å². The summed E-state index contributed by atoms with van der Waals surface area (Å²) < 4.78 is 5.34. The zero-order chi connectivity index (χ0) is 14.7. The van der Waals surface area contributed by atoms with Crippen molar-refractivity contribution in [1.29, 1.82) is 0 Å². The molecule has 0 saturated heterocycles. The van der Waals surface area contributed by atoms with Crippen molar-refractivity contribution >= 4 is 22.5 Å². The van der Waals surface area contributed by atoms with E-state index >= 15 is 0 Å². The fraction of sp³-hybridized carbons (Fsp3) is 0.188. The summed E-state index contributed by atoms with van der Waals surface area (Å²) in [4.78, 5) is 13.0. The molecule has 0 spiro atoms. The lowest BCUT2D eigenvalue weighted by Gasteiger charge is -2.06. The second-order valence-electron chi connectivity index (χ2n) is 4.54. The van der Waals surface area contributed by atoms with Crippen molar-refractivity contribution in [1.82, 2.24) is 15.0 Å². The first-order chi connectivity index (χ1) is 10.3. The highest BCUT2D eigenvalue weighted by atomic mass is 35.5. The molecule has 0 aliphatic heterocycles. The third-order valence-corrected chi connectivity index (χ3v) is 3.27. The summed E-state index contributed by atoms with van der Waals surface area (Å²) in [6.45, 7) is 2.91. The Kier molecular flexibility index (Phi) is 4.08. The number of nitrogens with zero attached hydrogens (tertiary/aromatic N) is 3. The van der Waals surface area contributed by atoms with Gasteiger partial charge in [-0.25, -0.2) is 9.97 Å². The topological polar surface area (TPSA) is 47.9 Å². The largest absolute Gasteiger partial charge is 0.374 e. The first-order valence-electron chi connectivity index (χ1n) is 6.72. The summed E-state index contributed by atoms with van der Waals surface area (Å²) in [7, 11) is 0. The van der Waals surface area contributed by atoms with Crippen LogP contribution in [0.1, 0.15) is 12.7 Å². The molecule has 0 bridgehead atoms. The summed E-state index contributed by atoms with van der Waals surface area (Å²) in [6, 6.07) is 11.7. The van der Waals surface area contributed by atoms with Crippen LogP contribution in [0.5, 0.6) is 0 Å². The van der Waals surface area contributed by atoms with E-state index in [1.165, 1.54) is 0 Å². The Labute approximate surface area is 127 Å². The Morgan fingerprint density at radius 3 is 2.90 bits per heavy atom. The van der Waals surface area contributed by atoms with Gasteiger partial charge in [-0.15, -0.1) is 0 Å². The second-order valence-corrected chi connectivity index (χ2v) is 4.93. The van der Waals surface area contributed by atoms with Crippen molar-refractivity contribution < 1.29 is 4.74 Å². The lowest BCUT2D eigenvalue weighted by Crippen LogP contribution is -2.00. The van der Waals surface area contributed by atoms with E-state index in [0.29, 0.717) is 24.2 Å². The monoisotopic (exact) mass is 299 g/mol. The van der Waals surface area contributed by atoms with Crippen molar-refractivity contribution in [2.24, 2.45) is 0 Å². The molecule has 0 fully saturated rings. The molecule has 3 aromatic rings. The van der Waals surface area contributed by atoms with Gasteiger partial charge in [0, 0.05) is 29.8 Å². The zero-order valence-electron chi connectivity index (χ0n) is 11.6. The molecule has 2 heterocycles. The van der Waals surface area contributed by atoms with E-state index in [4.69, 9.17) is 16.3 Å². The fourth-order valence-electron chi connectivity index (χ4n) is 2.11. The minimum absolute atomic E-state index is 0.360. The molecule has 0 unspecified atom stereocenters. The summed E-state index contributed by atoms with van der Waals surface area (Å²) in [5.41, 5.74) is 2.73.